The van der Waals surface area contributed by atoms with E-state index in [1.165, 1.54) is 5.92 Å². The molecule has 0 rings (SSSR count). The lowest BCUT2D eigenvalue weighted by molar-refractivity contribution is -0.123. The Kier molecular flexibility index (Phi) is 2.50. The molecule has 0 bridgehead atoms. The Balaban J connectivity index is 3.89. The molecule has 0 atom stereocenters. The van der Waals surface area contributed by atoms with Crippen LogP contribution in [0.5, 0.6) is 0 Å². The van der Waals surface area contributed by atoms with Crippen LogP contribution in [0.15, 0.2) is 0 Å². The van der Waals surface area contributed by atoms with Gasteiger partial charge in [0.05, 0.1) is 6.42 Å². The largest absolute Gasteiger partial charge is 0.318 e. The molecule has 0 aliphatic rings. The molecule has 9 heavy (non-hydrogen) atoms. The van der Waals surface area contributed by atoms with E-state index in [9.17, 15) is 17.6 Å². The summed E-state index contributed by atoms with van der Waals surface area (Å²) in [6.45, 7) is 0. The van der Waals surface area contributed by atoms with E-state index in [4.69, 9.17) is 0 Å². The summed E-state index contributed by atoms with van der Waals surface area (Å²) in [5.41, 5.74) is 0. The summed E-state index contributed by atoms with van der Waals surface area (Å²) in [4.78, 5) is 0. The van der Waals surface area contributed by atoms with Crippen molar-refractivity contribution in [1.82, 2.24) is 0 Å². The van der Waals surface area contributed by atoms with Crippen LogP contribution >= 0.6 is 0 Å². The number of rotatable bonds is 2. The number of hydrogen-bond acceptors (Lipinski definition) is 0. The third kappa shape index (κ3) is 2.36. The highest BCUT2D eigenvalue weighted by molar-refractivity contribution is 4.91. The molecule has 0 N–H and O–H groups in total. The first-order chi connectivity index (χ1) is 4.00. The van der Waals surface area contributed by atoms with Crippen LogP contribution in [0.25, 0.3) is 0 Å². The summed E-state index contributed by atoms with van der Waals surface area (Å²) >= 11 is 0. The fourth-order valence-corrected chi connectivity index (χ4v) is 0.213. The minimum absolute atomic E-state index is 1.20. The summed E-state index contributed by atoms with van der Waals surface area (Å²) in [7, 11) is 0. The molecule has 0 unspecified atom stereocenters. The van der Waals surface area contributed by atoms with Crippen LogP contribution in [0.1, 0.15) is 6.42 Å². The van der Waals surface area contributed by atoms with Gasteiger partial charge in [0.1, 0.15) is 0 Å². The molecule has 52 valence electrons. The second kappa shape index (κ2) is 2.72. The predicted molar refractivity (Wildman–Crippen MR) is 24.4 cm³/mol. The van der Waals surface area contributed by atoms with Crippen molar-refractivity contribution >= 4 is 0 Å². The van der Waals surface area contributed by atoms with Gasteiger partial charge >= 0.3 is 12.3 Å². The molecule has 0 heterocycles. The number of terminal acetylenes is 1. The van der Waals surface area contributed by atoms with Crippen molar-refractivity contribution in [1.29, 1.82) is 0 Å². The molecule has 0 radical (unpaired) electrons. The van der Waals surface area contributed by atoms with Crippen molar-refractivity contribution < 1.29 is 17.6 Å². The topological polar surface area (TPSA) is 0 Å². The van der Waals surface area contributed by atoms with Gasteiger partial charge in [-0.1, -0.05) is 0 Å². The Morgan fingerprint density at radius 2 is 1.89 bits per heavy atom. The standard InChI is InChI=1S/C5H4F4/c1-2-3-5(8,9)4(6)7/h1,4H,3H2. The van der Waals surface area contributed by atoms with E-state index in [2.05, 4.69) is 6.42 Å². The lowest BCUT2D eigenvalue weighted by Gasteiger charge is -2.10. The Labute approximate surface area is 49.9 Å². The average molecular weight is 140 g/mol. The molecular formula is C5H4F4. The van der Waals surface area contributed by atoms with Crippen molar-refractivity contribution in [3.05, 3.63) is 0 Å². The predicted octanol–water partition coefficient (Wildman–Crippen LogP) is 1.91. The first-order valence-corrected chi connectivity index (χ1v) is 2.10. The van der Waals surface area contributed by atoms with Crippen LogP contribution in [-0.2, 0) is 0 Å². The maximum absolute atomic E-state index is 11.7. The summed E-state index contributed by atoms with van der Waals surface area (Å²) in [6, 6.07) is 0. The van der Waals surface area contributed by atoms with Gasteiger partial charge in [0.2, 0.25) is 0 Å². The van der Waals surface area contributed by atoms with E-state index in [-0.39, 0.29) is 0 Å². The van der Waals surface area contributed by atoms with Gasteiger partial charge in [-0.15, -0.1) is 12.3 Å². The van der Waals surface area contributed by atoms with Gasteiger partial charge in [-0.25, -0.2) is 8.78 Å². The summed E-state index contributed by atoms with van der Waals surface area (Å²) in [5, 5.41) is 0. The number of hydrogen-bond donors (Lipinski definition) is 0. The summed E-state index contributed by atoms with van der Waals surface area (Å²) < 4.78 is 45.6. The maximum atomic E-state index is 11.7. The molecule has 0 saturated carbocycles. The van der Waals surface area contributed by atoms with Gasteiger partial charge in [-0.2, -0.15) is 8.78 Å². The van der Waals surface area contributed by atoms with Gasteiger partial charge in [-0.3, -0.25) is 0 Å². The van der Waals surface area contributed by atoms with E-state index in [1.807, 2.05) is 0 Å². The summed E-state index contributed by atoms with van der Waals surface area (Å²) in [5.74, 6) is -2.56. The molecular weight excluding hydrogens is 136 g/mol. The van der Waals surface area contributed by atoms with Crippen LogP contribution in [0.4, 0.5) is 17.6 Å². The first kappa shape index (κ1) is 8.28. The molecule has 0 nitrogen and oxygen atoms in total. The lowest BCUT2D eigenvalue weighted by Crippen LogP contribution is -2.25. The molecule has 0 fully saturated rings. The molecule has 0 aromatic heterocycles. The second-order valence-electron chi connectivity index (χ2n) is 1.44. The molecule has 0 amide bonds. The van der Waals surface area contributed by atoms with E-state index < -0.39 is 18.8 Å². The Morgan fingerprint density at radius 3 is 2.00 bits per heavy atom. The molecule has 0 saturated heterocycles. The minimum atomic E-state index is -4.02. The SMILES string of the molecule is C#CCC(F)(F)C(F)F. The van der Waals surface area contributed by atoms with Gasteiger partial charge in [-0.05, 0) is 0 Å². The van der Waals surface area contributed by atoms with Gasteiger partial charge in [0, 0.05) is 0 Å². The lowest BCUT2D eigenvalue weighted by atomic mass is 10.2. The Morgan fingerprint density at radius 1 is 1.44 bits per heavy atom. The molecule has 0 spiro atoms. The highest BCUT2D eigenvalue weighted by Gasteiger charge is 2.39. The van der Waals surface area contributed by atoms with Crippen molar-refractivity contribution in [3.63, 3.8) is 0 Å². The van der Waals surface area contributed by atoms with Crippen LogP contribution < -0.4 is 0 Å². The van der Waals surface area contributed by atoms with E-state index in [0.717, 1.165) is 0 Å². The maximum Gasteiger partial charge on any atom is 0.318 e. The van der Waals surface area contributed by atoms with Crippen LogP contribution in [0.2, 0.25) is 0 Å². The van der Waals surface area contributed by atoms with E-state index >= 15 is 0 Å². The molecule has 0 aromatic carbocycles. The zero-order valence-corrected chi connectivity index (χ0v) is 4.37. The first-order valence-electron chi connectivity index (χ1n) is 2.10. The molecule has 0 aliphatic heterocycles. The van der Waals surface area contributed by atoms with Crippen molar-refractivity contribution in [3.8, 4) is 12.3 Å². The van der Waals surface area contributed by atoms with Crippen molar-refractivity contribution in [2.45, 2.75) is 18.8 Å². The highest BCUT2D eigenvalue weighted by Crippen LogP contribution is 2.25. The number of alkyl halides is 4. The Hall–Kier alpha value is -0.720. The zero-order valence-electron chi connectivity index (χ0n) is 4.37. The number of halogens is 4. The van der Waals surface area contributed by atoms with E-state index in [0.29, 0.717) is 0 Å². The van der Waals surface area contributed by atoms with Gasteiger partial charge in [0.15, 0.2) is 0 Å². The quantitative estimate of drug-likeness (QED) is 0.406. The zero-order chi connectivity index (χ0) is 7.49. The van der Waals surface area contributed by atoms with Crippen molar-refractivity contribution in [2.75, 3.05) is 0 Å². The second-order valence-corrected chi connectivity index (χ2v) is 1.44. The minimum Gasteiger partial charge on any atom is -0.204 e. The average Bonchev–Trinajstić information content (AvgIpc) is 1.65. The van der Waals surface area contributed by atoms with Gasteiger partial charge in [0.25, 0.3) is 0 Å². The monoisotopic (exact) mass is 140 g/mol. The van der Waals surface area contributed by atoms with E-state index in [1.54, 1.807) is 0 Å². The Bertz CT molecular complexity index is 121. The fourth-order valence-electron chi connectivity index (χ4n) is 0.213. The summed E-state index contributed by atoms with van der Waals surface area (Å²) in [6.07, 6.45) is -0.473. The molecule has 0 aliphatic carbocycles. The van der Waals surface area contributed by atoms with Crippen LogP contribution in [0, 0.1) is 12.3 Å². The fraction of sp³-hybridized carbons (Fsp3) is 0.600. The van der Waals surface area contributed by atoms with Crippen molar-refractivity contribution in [2.24, 2.45) is 0 Å². The normalized spacial score (nSPS) is 11.6. The van der Waals surface area contributed by atoms with Crippen LogP contribution in [0.3, 0.4) is 0 Å². The van der Waals surface area contributed by atoms with Gasteiger partial charge < -0.3 is 0 Å². The molecule has 4 heteroatoms. The highest BCUT2D eigenvalue weighted by atomic mass is 19.3. The smallest absolute Gasteiger partial charge is 0.204 e. The molecule has 0 aromatic rings. The van der Waals surface area contributed by atoms with Crippen LogP contribution in [-0.4, -0.2) is 12.3 Å². The third-order valence-electron chi connectivity index (χ3n) is 0.657. The third-order valence-corrected chi connectivity index (χ3v) is 0.657.